The third kappa shape index (κ3) is 14.5. The van der Waals surface area contributed by atoms with E-state index < -0.39 is 0 Å². The Bertz CT molecular complexity index is 1370. The highest BCUT2D eigenvalue weighted by Crippen LogP contribution is 2.34. The molecule has 48 heavy (non-hydrogen) atoms. The summed E-state index contributed by atoms with van der Waals surface area (Å²) in [6, 6.07) is 29.3. The van der Waals surface area contributed by atoms with E-state index in [0.29, 0.717) is 0 Å². The van der Waals surface area contributed by atoms with E-state index in [1.807, 2.05) is 48.5 Å². The van der Waals surface area contributed by atoms with Crippen LogP contribution in [0, 0.1) is 0 Å². The molecule has 0 aliphatic carbocycles. The second-order valence-corrected chi connectivity index (χ2v) is 11.3. The maximum atomic E-state index is 9.44. The van der Waals surface area contributed by atoms with Gasteiger partial charge in [0.05, 0.1) is 0 Å². The number of aromatic hydroxyl groups is 4. The highest BCUT2D eigenvalue weighted by Gasteiger charge is 2.10. The van der Waals surface area contributed by atoms with Gasteiger partial charge in [-0.05, 0) is 146 Å². The van der Waals surface area contributed by atoms with Crippen LogP contribution in [0.4, 0.5) is 0 Å². The van der Waals surface area contributed by atoms with Crippen LogP contribution in [0.1, 0.15) is 103 Å². The van der Waals surface area contributed by atoms with Crippen LogP contribution >= 0.6 is 0 Å². The lowest BCUT2D eigenvalue weighted by Crippen LogP contribution is -1.91. The van der Waals surface area contributed by atoms with Crippen LogP contribution in [0.5, 0.6) is 23.0 Å². The number of phenols is 4. The van der Waals surface area contributed by atoms with Crippen molar-refractivity contribution in [3.63, 3.8) is 0 Å². The molecule has 0 fully saturated rings. The van der Waals surface area contributed by atoms with Crippen molar-refractivity contribution in [2.75, 3.05) is 0 Å². The van der Waals surface area contributed by atoms with E-state index in [-0.39, 0.29) is 34.6 Å². The second-order valence-electron chi connectivity index (χ2n) is 11.3. The molecule has 0 saturated carbocycles. The molecular weight excluding hydrogens is 600 g/mol. The number of Topliss-reactive ketones (excluding diaryl/α,β-unsaturated/α-hetero) is 2. The zero-order valence-electron chi connectivity index (χ0n) is 29.7. The third-order valence-electron chi connectivity index (χ3n) is 7.01. The summed E-state index contributed by atoms with van der Waals surface area (Å²) in [6.07, 6.45) is 3.70. The molecule has 0 atom stereocenters. The first kappa shape index (κ1) is 40.9. The lowest BCUT2D eigenvalue weighted by Gasteiger charge is -2.14. The van der Waals surface area contributed by atoms with Crippen molar-refractivity contribution < 1.29 is 30.0 Å². The Morgan fingerprint density at radius 1 is 0.354 bits per heavy atom. The van der Waals surface area contributed by atoms with E-state index in [2.05, 4.69) is 27.7 Å². The molecular formula is C42H52O6. The molecule has 4 rings (SSSR count). The molecule has 0 radical (unpaired) electrons. The van der Waals surface area contributed by atoms with Crippen LogP contribution in [0.3, 0.4) is 0 Å². The quantitative estimate of drug-likeness (QED) is 0.141. The molecule has 0 aromatic heterocycles. The molecule has 0 aliphatic heterocycles. The lowest BCUT2D eigenvalue weighted by molar-refractivity contribution is -0.115. The summed E-state index contributed by atoms with van der Waals surface area (Å²) in [4.78, 5) is 18.9. The van der Waals surface area contributed by atoms with Crippen LogP contribution < -0.4 is 0 Å². The summed E-state index contributed by atoms with van der Waals surface area (Å²) in [5, 5.41) is 37.6. The predicted octanol–water partition coefficient (Wildman–Crippen LogP) is 10.8. The van der Waals surface area contributed by atoms with Gasteiger partial charge in [-0.2, -0.15) is 0 Å². The number of phenolic OH excluding ortho intramolecular Hbond substituents is 4. The molecule has 256 valence electrons. The minimum Gasteiger partial charge on any atom is -0.508 e. The summed E-state index contributed by atoms with van der Waals surface area (Å²) in [5.74, 6) is 1.47. The van der Waals surface area contributed by atoms with Crippen molar-refractivity contribution in [2.45, 2.75) is 81.1 Å². The maximum absolute atomic E-state index is 9.44. The molecule has 0 saturated heterocycles. The highest BCUT2D eigenvalue weighted by molar-refractivity contribution is 5.91. The number of hydrogen-bond donors (Lipinski definition) is 4. The lowest BCUT2D eigenvalue weighted by atomic mass is 9.91. The molecule has 4 N–H and O–H groups in total. The number of allylic oxidation sites excluding steroid dienone is 4. The van der Waals surface area contributed by atoms with Gasteiger partial charge in [-0.15, -0.1) is 0 Å². The molecule has 0 spiro atoms. The average molecular weight is 653 g/mol. The van der Waals surface area contributed by atoms with Crippen molar-refractivity contribution in [1.82, 2.24) is 0 Å². The number of benzene rings is 4. The molecule has 6 nitrogen and oxygen atoms in total. The van der Waals surface area contributed by atoms with E-state index in [1.54, 1.807) is 48.5 Å². The van der Waals surface area contributed by atoms with Gasteiger partial charge in [-0.1, -0.05) is 76.2 Å². The standard InChI is InChI=1S/2C18H20O2.2C3H6O/c2*1-3-17(13-5-9-15(19)10-6-13)18(4-2)14-7-11-16(20)12-8-14;2*1-3(2)4/h2*5-12,19-20H,3-4H2,1-2H3;2*1-2H3/b2*18-17+;;. The van der Waals surface area contributed by atoms with Gasteiger partial charge in [0.1, 0.15) is 34.6 Å². The Kier molecular flexibility index (Phi) is 18.5. The van der Waals surface area contributed by atoms with E-state index in [4.69, 9.17) is 0 Å². The Morgan fingerprint density at radius 3 is 0.583 bits per heavy atom. The van der Waals surface area contributed by atoms with Crippen molar-refractivity contribution in [3.8, 4) is 23.0 Å². The highest BCUT2D eigenvalue weighted by atomic mass is 16.3. The van der Waals surface area contributed by atoms with Gasteiger partial charge in [0, 0.05) is 0 Å². The molecule has 0 unspecified atom stereocenters. The molecule has 0 amide bonds. The molecule has 0 heterocycles. The summed E-state index contributed by atoms with van der Waals surface area (Å²) in [6.45, 7) is 14.7. The summed E-state index contributed by atoms with van der Waals surface area (Å²) in [7, 11) is 0. The minimum absolute atomic E-state index is 0.167. The first-order valence-corrected chi connectivity index (χ1v) is 16.3. The van der Waals surface area contributed by atoms with E-state index in [0.717, 1.165) is 47.9 Å². The fourth-order valence-electron chi connectivity index (χ4n) is 5.02. The summed E-state index contributed by atoms with van der Waals surface area (Å²) in [5.41, 5.74) is 9.64. The monoisotopic (exact) mass is 652 g/mol. The van der Waals surface area contributed by atoms with Crippen molar-refractivity contribution in [3.05, 3.63) is 119 Å². The van der Waals surface area contributed by atoms with Crippen LogP contribution in [0.2, 0.25) is 0 Å². The smallest absolute Gasteiger partial charge is 0.126 e. The summed E-state index contributed by atoms with van der Waals surface area (Å²) < 4.78 is 0. The first-order valence-electron chi connectivity index (χ1n) is 16.3. The minimum atomic E-state index is 0.167. The second kappa shape index (κ2) is 21.6. The third-order valence-corrected chi connectivity index (χ3v) is 7.01. The fourth-order valence-corrected chi connectivity index (χ4v) is 5.02. The Morgan fingerprint density at radius 2 is 0.479 bits per heavy atom. The van der Waals surface area contributed by atoms with Gasteiger partial charge >= 0.3 is 0 Å². The molecule has 4 aromatic carbocycles. The van der Waals surface area contributed by atoms with Crippen molar-refractivity contribution >= 4 is 33.9 Å². The Labute approximate surface area is 286 Å². The number of carbonyl (C=O) groups excluding carboxylic acids is 2. The molecule has 0 bridgehead atoms. The largest absolute Gasteiger partial charge is 0.508 e. The van der Waals surface area contributed by atoms with Crippen LogP contribution in [-0.4, -0.2) is 32.0 Å². The van der Waals surface area contributed by atoms with Gasteiger partial charge in [0.15, 0.2) is 0 Å². The van der Waals surface area contributed by atoms with E-state index in [1.165, 1.54) is 50.0 Å². The molecule has 4 aromatic rings. The van der Waals surface area contributed by atoms with Crippen molar-refractivity contribution in [1.29, 1.82) is 0 Å². The Hall–Kier alpha value is -5.10. The SMILES string of the molecule is CC(C)=O.CC(C)=O.CC/C(=C(/CC)c1ccc(O)cc1)c1ccc(O)cc1.CC/C(=C(/CC)c1ccc(O)cc1)c1ccc(O)cc1. The van der Waals surface area contributed by atoms with Gasteiger partial charge in [-0.25, -0.2) is 0 Å². The Balaban J connectivity index is 0.000000393. The van der Waals surface area contributed by atoms with E-state index in [9.17, 15) is 30.0 Å². The maximum Gasteiger partial charge on any atom is 0.126 e. The van der Waals surface area contributed by atoms with Crippen LogP contribution in [0.15, 0.2) is 97.1 Å². The predicted molar refractivity (Wildman–Crippen MR) is 200 cm³/mol. The normalized spacial score (nSPS) is 11.2. The molecule has 6 heteroatoms. The topological polar surface area (TPSA) is 115 Å². The van der Waals surface area contributed by atoms with Gasteiger partial charge in [0.25, 0.3) is 0 Å². The zero-order chi connectivity index (χ0) is 36.2. The van der Waals surface area contributed by atoms with Crippen LogP contribution in [0.25, 0.3) is 22.3 Å². The average Bonchev–Trinajstić information content (AvgIpc) is 3.04. The molecule has 0 aliphatic rings. The zero-order valence-corrected chi connectivity index (χ0v) is 29.7. The summed E-state index contributed by atoms with van der Waals surface area (Å²) >= 11 is 0. The fraction of sp³-hybridized carbons (Fsp3) is 0.286. The van der Waals surface area contributed by atoms with Gasteiger partial charge in [-0.3, -0.25) is 0 Å². The van der Waals surface area contributed by atoms with Gasteiger partial charge in [0.2, 0.25) is 0 Å². The van der Waals surface area contributed by atoms with Crippen molar-refractivity contribution in [2.24, 2.45) is 0 Å². The van der Waals surface area contributed by atoms with E-state index >= 15 is 0 Å². The number of hydrogen-bond acceptors (Lipinski definition) is 6. The van der Waals surface area contributed by atoms with Gasteiger partial charge < -0.3 is 30.0 Å². The first-order chi connectivity index (χ1) is 22.8. The number of rotatable bonds is 8. The number of carbonyl (C=O) groups is 2. The van der Waals surface area contributed by atoms with Crippen LogP contribution in [-0.2, 0) is 9.59 Å². The number of ketones is 2.